The van der Waals surface area contributed by atoms with Crippen LogP contribution in [-0.4, -0.2) is 88.9 Å². The first-order chi connectivity index (χ1) is 23.5. The van der Waals surface area contributed by atoms with E-state index in [0.717, 1.165) is 27.4 Å². The van der Waals surface area contributed by atoms with Gasteiger partial charge in [0.25, 0.3) is 11.8 Å². The van der Waals surface area contributed by atoms with Crippen LogP contribution in [0.2, 0.25) is 0 Å². The number of nitrogens with zero attached hydrogens (tertiary/aromatic N) is 5. The van der Waals surface area contributed by atoms with Crippen LogP contribution >= 0.6 is 23.1 Å². The number of aliphatic carboxylic acids is 1. The summed E-state index contributed by atoms with van der Waals surface area (Å²) >= 11 is 2.43. The molecule has 4 N–H and O–H groups in total. The van der Waals surface area contributed by atoms with Crippen molar-refractivity contribution in [3.05, 3.63) is 71.1 Å². The lowest BCUT2D eigenvalue weighted by atomic mass is 10.0. The summed E-state index contributed by atoms with van der Waals surface area (Å²) in [5, 5.41) is 22.4. The van der Waals surface area contributed by atoms with E-state index < -0.39 is 41.4 Å². The van der Waals surface area contributed by atoms with Crippen molar-refractivity contribution in [1.29, 1.82) is 0 Å². The number of fused-ring (bicyclic) bond motifs is 1. The van der Waals surface area contributed by atoms with Gasteiger partial charge in [0.05, 0.1) is 24.8 Å². The number of carbonyl (C=O) groups excluding carboxylic acids is 5. The predicted octanol–water partition coefficient (Wildman–Crippen LogP) is -0.404. The highest BCUT2D eigenvalue weighted by atomic mass is 32.2. The molecule has 3 aliphatic rings. The molecule has 6 rings (SSSR count). The van der Waals surface area contributed by atoms with Crippen LogP contribution in [-0.2, 0) is 35.3 Å². The fraction of sp³-hybridized carbons (Fsp3) is 0.290. The number of amides is 4. The number of benzene rings is 1. The van der Waals surface area contributed by atoms with Crippen molar-refractivity contribution in [2.24, 2.45) is 5.16 Å². The summed E-state index contributed by atoms with van der Waals surface area (Å²) in [5.41, 5.74) is 8.39. The van der Waals surface area contributed by atoms with E-state index in [4.69, 9.17) is 15.3 Å². The molecule has 2 saturated heterocycles. The topological polar surface area (TPSA) is 213 Å². The second kappa shape index (κ2) is 13.9. The zero-order valence-corrected chi connectivity index (χ0v) is 27.8. The van der Waals surface area contributed by atoms with Gasteiger partial charge in [-0.1, -0.05) is 17.3 Å². The third kappa shape index (κ3) is 6.91. The Kier molecular flexibility index (Phi) is 9.50. The number of carbonyl (C=O) groups is 5. The molecule has 2 fully saturated rings. The smallest absolute Gasteiger partial charge is 0.414 e. The maximum Gasteiger partial charge on any atom is 0.414 e. The van der Waals surface area contributed by atoms with Crippen molar-refractivity contribution in [2.45, 2.75) is 31.0 Å². The monoisotopic (exact) mass is 706 g/mol. The Bertz CT molecular complexity index is 1880. The van der Waals surface area contributed by atoms with E-state index in [1.54, 1.807) is 17.0 Å². The molecular formula is C31H30N8O8S2. The summed E-state index contributed by atoms with van der Waals surface area (Å²) in [6.07, 6.45) is 2.68. The number of pyridine rings is 1. The van der Waals surface area contributed by atoms with E-state index >= 15 is 0 Å². The van der Waals surface area contributed by atoms with Crippen molar-refractivity contribution in [1.82, 2.24) is 20.5 Å². The molecule has 1 unspecified atom stereocenters. The largest absolute Gasteiger partial charge is 0.543 e. The molecule has 0 spiro atoms. The number of hydrogen-bond donors (Lipinski definition) is 3. The van der Waals surface area contributed by atoms with Crippen LogP contribution in [0.5, 0.6) is 0 Å². The van der Waals surface area contributed by atoms with E-state index in [1.807, 2.05) is 36.4 Å². The van der Waals surface area contributed by atoms with Crippen molar-refractivity contribution >= 4 is 69.4 Å². The number of nitrogens with one attached hydrogen (secondary N) is 2. The average molecular weight is 707 g/mol. The molecule has 16 nitrogen and oxygen atoms in total. The molecular weight excluding hydrogens is 677 g/mol. The Hall–Kier alpha value is -5.49. The number of carboxylic acid groups (broad SMARTS) is 1. The fourth-order valence-electron chi connectivity index (χ4n) is 5.60. The van der Waals surface area contributed by atoms with Gasteiger partial charge in [-0.25, -0.2) is 14.3 Å². The van der Waals surface area contributed by atoms with E-state index in [-0.39, 0.29) is 47.0 Å². The summed E-state index contributed by atoms with van der Waals surface area (Å²) in [5.74, 6) is -2.71. The van der Waals surface area contributed by atoms with Gasteiger partial charge >= 0.3 is 6.09 Å². The molecule has 18 heteroatoms. The number of hydrogen-bond acceptors (Lipinski definition) is 13. The molecule has 0 aliphatic carbocycles. The van der Waals surface area contributed by atoms with Gasteiger partial charge in [-0.05, 0) is 23.3 Å². The number of rotatable bonds is 11. The van der Waals surface area contributed by atoms with Gasteiger partial charge in [0.2, 0.25) is 5.91 Å². The molecule has 254 valence electrons. The number of β-lactam (4-membered cyclic amide) rings is 1. The van der Waals surface area contributed by atoms with E-state index in [1.165, 1.54) is 36.1 Å². The number of nitrogen functional groups attached to an aromatic ring is 1. The third-order valence-electron chi connectivity index (χ3n) is 7.92. The second-order valence-electron chi connectivity index (χ2n) is 11.2. The Morgan fingerprint density at radius 3 is 2.51 bits per heavy atom. The molecule has 1 aromatic carbocycles. The van der Waals surface area contributed by atoms with Crippen molar-refractivity contribution in [3.63, 3.8) is 0 Å². The fourth-order valence-corrected chi connectivity index (χ4v) is 7.48. The second-order valence-corrected chi connectivity index (χ2v) is 13.1. The molecule has 0 saturated carbocycles. The SMILES string of the molecule is CO/N=C(\C(=O)N[C@@H]1C(=O)N2C(C(=O)[O-])=C(C[n+]3ccc(-c4ccc(N5C[C@H](CNC(C)=O)OC5=O)cc4)cc3)CSC12)c1csc(N)n1. The normalized spacial score (nSPS) is 20.4. The lowest BCUT2D eigenvalue weighted by Crippen LogP contribution is -2.71. The lowest BCUT2D eigenvalue weighted by molar-refractivity contribution is -0.689. The summed E-state index contributed by atoms with van der Waals surface area (Å²) in [4.78, 5) is 73.5. The van der Waals surface area contributed by atoms with Gasteiger partial charge in [0.1, 0.15) is 30.3 Å². The number of thiazole rings is 1. The van der Waals surface area contributed by atoms with Gasteiger partial charge < -0.3 is 35.8 Å². The number of aromatic nitrogens is 2. The summed E-state index contributed by atoms with van der Waals surface area (Å²) in [6.45, 7) is 2.15. The molecule has 5 heterocycles. The van der Waals surface area contributed by atoms with Gasteiger partial charge in [0, 0.05) is 41.4 Å². The highest BCUT2D eigenvalue weighted by Gasteiger charge is 2.53. The van der Waals surface area contributed by atoms with Crippen LogP contribution < -0.4 is 30.9 Å². The number of cyclic esters (lactones) is 1. The van der Waals surface area contributed by atoms with Crippen molar-refractivity contribution < 1.29 is 43.2 Å². The van der Waals surface area contributed by atoms with Crippen LogP contribution in [0.1, 0.15) is 12.6 Å². The minimum atomic E-state index is -1.49. The van der Waals surface area contributed by atoms with Crippen LogP contribution in [0, 0.1) is 0 Å². The molecule has 3 aliphatic heterocycles. The first-order valence-electron chi connectivity index (χ1n) is 14.9. The van der Waals surface area contributed by atoms with Crippen LogP contribution in [0.25, 0.3) is 11.1 Å². The van der Waals surface area contributed by atoms with E-state index in [9.17, 15) is 29.1 Å². The molecule has 3 aromatic rings. The first-order valence-corrected chi connectivity index (χ1v) is 16.8. The maximum absolute atomic E-state index is 13.2. The number of ether oxygens (including phenoxy) is 1. The van der Waals surface area contributed by atoms with Gasteiger partial charge in [-0.3, -0.25) is 24.2 Å². The summed E-state index contributed by atoms with van der Waals surface area (Å²) < 4.78 is 7.13. The van der Waals surface area contributed by atoms with E-state index in [2.05, 4.69) is 20.8 Å². The lowest BCUT2D eigenvalue weighted by Gasteiger charge is -2.50. The molecule has 3 atom stereocenters. The molecule has 2 aromatic heterocycles. The predicted molar refractivity (Wildman–Crippen MR) is 175 cm³/mol. The Balaban J connectivity index is 1.10. The minimum Gasteiger partial charge on any atom is -0.543 e. The number of nitrogens with two attached hydrogens (primary N) is 1. The third-order valence-corrected chi connectivity index (χ3v) is 9.93. The summed E-state index contributed by atoms with van der Waals surface area (Å²) in [7, 11) is 1.26. The highest BCUT2D eigenvalue weighted by molar-refractivity contribution is 8.00. The van der Waals surface area contributed by atoms with Gasteiger partial charge in [-0.2, -0.15) is 0 Å². The summed E-state index contributed by atoms with van der Waals surface area (Å²) in [6, 6.07) is 10.1. The quantitative estimate of drug-likeness (QED) is 0.101. The van der Waals surface area contributed by atoms with Crippen LogP contribution in [0.15, 0.2) is 70.6 Å². The Morgan fingerprint density at radius 2 is 1.88 bits per heavy atom. The maximum atomic E-state index is 13.2. The van der Waals surface area contributed by atoms with Crippen molar-refractivity contribution in [3.8, 4) is 11.1 Å². The molecule has 0 bridgehead atoms. The number of carboxylic acids is 1. The molecule has 0 radical (unpaired) electrons. The zero-order chi connectivity index (χ0) is 34.8. The van der Waals surface area contributed by atoms with Gasteiger partial charge in [-0.15, -0.1) is 23.1 Å². The first kappa shape index (κ1) is 33.4. The molecule has 49 heavy (non-hydrogen) atoms. The highest BCUT2D eigenvalue weighted by Crippen LogP contribution is 2.40. The number of oxime groups is 1. The number of thioether (sulfide) groups is 1. The van der Waals surface area contributed by atoms with Crippen molar-refractivity contribution in [2.75, 3.05) is 36.6 Å². The van der Waals surface area contributed by atoms with Gasteiger partial charge in [0.15, 0.2) is 29.8 Å². The zero-order valence-electron chi connectivity index (χ0n) is 26.2. The Morgan fingerprint density at radius 1 is 1.16 bits per heavy atom. The van der Waals surface area contributed by atoms with E-state index in [0.29, 0.717) is 17.8 Å². The Labute approximate surface area is 287 Å². The minimum absolute atomic E-state index is 0.167. The van der Waals surface area contributed by atoms with Crippen LogP contribution in [0.3, 0.4) is 0 Å². The standard InChI is InChI=1S/C31H30N8O8S2/c1-16(40)33-11-21-13-38(31(45)47-21)20-5-3-17(4-6-20)18-7-9-37(10-8-18)12-19-14-48-28-24(27(42)39(28)25(19)29(43)44)35-26(41)23(36-46-2)22-15-49-30(32)34-22/h3-10,15,21,24,28H,11-14H2,1-2H3,(H4-,32,33,34,35,40,41,43,44)/b36-23-/t21-,24+,28?/m0/s1. The van der Waals surface area contributed by atoms with Crippen LogP contribution in [0.4, 0.5) is 15.6 Å². The molecule has 4 amide bonds. The number of anilines is 2. The average Bonchev–Trinajstić information content (AvgIpc) is 3.69.